The summed E-state index contributed by atoms with van der Waals surface area (Å²) in [5, 5.41) is 2.69. The van der Waals surface area contributed by atoms with Crippen molar-refractivity contribution in [2.75, 3.05) is 6.54 Å². The zero-order chi connectivity index (χ0) is 17.6. The van der Waals surface area contributed by atoms with Crippen molar-refractivity contribution in [3.63, 3.8) is 0 Å². The number of hydrogen-bond donors (Lipinski definition) is 0. The average Bonchev–Trinajstić information content (AvgIpc) is 3.09. The van der Waals surface area contributed by atoms with Crippen LogP contribution in [0.4, 0.5) is 4.39 Å². The largest absolute Gasteiger partial charge is 0.338 e. The smallest absolute Gasteiger partial charge is 0.228 e. The Morgan fingerprint density at radius 1 is 1.24 bits per heavy atom. The molecule has 0 atom stereocenters. The lowest BCUT2D eigenvalue weighted by atomic mass is 10.2. The lowest BCUT2D eigenvalue weighted by Crippen LogP contribution is -2.31. The first-order valence-corrected chi connectivity index (χ1v) is 8.91. The number of nitrogens with zero attached hydrogens (tertiary/aromatic N) is 3. The average molecular weight is 355 g/mol. The van der Waals surface area contributed by atoms with Gasteiger partial charge in [-0.15, -0.1) is 11.3 Å². The molecular weight excluding hydrogens is 337 g/mol. The summed E-state index contributed by atoms with van der Waals surface area (Å²) in [6.45, 7) is 2.87. The Kier molecular flexibility index (Phi) is 5.50. The second kappa shape index (κ2) is 7.98. The number of pyridine rings is 1. The van der Waals surface area contributed by atoms with Crippen LogP contribution in [0.2, 0.25) is 0 Å². The zero-order valence-electron chi connectivity index (χ0n) is 13.9. The Morgan fingerprint density at radius 3 is 2.84 bits per heavy atom. The summed E-state index contributed by atoms with van der Waals surface area (Å²) < 4.78 is 13.3. The monoisotopic (exact) mass is 355 g/mol. The minimum Gasteiger partial charge on any atom is -0.338 e. The molecule has 0 saturated heterocycles. The molecule has 0 aliphatic heterocycles. The number of hydrogen-bond acceptors (Lipinski definition) is 4. The highest BCUT2D eigenvalue weighted by Gasteiger charge is 2.15. The van der Waals surface area contributed by atoms with Gasteiger partial charge in [0.2, 0.25) is 5.91 Å². The van der Waals surface area contributed by atoms with Crippen molar-refractivity contribution in [1.82, 2.24) is 14.9 Å². The molecule has 0 fully saturated rings. The van der Waals surface area contributed by atoms with E-state index in [1.807, 2.05) is 36.6 Å². The highest BCUT2D eigenvalue weighted by molar-refractivity contribution is 7.13. The molecule has 0 aliphatic rings. The van der Waals surface area contributed by atoms with Crippen LogP contribution in [0, 0.1) is 5.82 Å². The normalized spacial score (nSPS) is 10.6. The maximum atomic E-state index is 13.3. The van der Waals surface area contributed by atoms with E-state index in [1.165, 1.54) is 23.5 Å². The highest BCUT2D eigenvalue weighted by atomic mass is 32.1. The number of rotatable bonds is 6. The molecular formula is C19H18FN3OS. The fourth-order valence-corrected chi connectivity index (χ4v) is 3.29. The van der Waals surface area contributed by atoms with Gasteiger partial charge >= 0.3 is 0 Å². The maximum absolute atomic E-state index is 13.3. The molecule has 2 aromatic heterocycles. The van der Waals surface area contributed by atoms with Crippen LogP contribution < -0.4 is 0 Å². The van der Waals surface area contributed by atoms with Gasteiger partial charge in [0.05, 0.1) is 17.8 Å². The summed E-state index contributed by atoms with van der Waals surface area (Å²) in [5.41, 5.74) is 2.31. The number of halogens is 1. The van der Waals surface area contributed by atoms with Crippen molar-refractivity contribution in [3.8, 4) is 10.7 Å². The minimum absolute atomic E-state index is 0.0235. The van der Waals surface area contributed by atoms with Crippen molar-refractivity contribution in [3.05, 3.63) is 71.1 Å². The van der Waals surface area contributed by atoms with Gasteiger partial charge in [-0.25, -0.2) is 9.37 Å². The van der Waals surface area contributed by atoms with Crippen molar-refractivity contribution >= 4 is 17.2 Å². The van der Waals surface area contributed by atoms with Gasteiger partial charge in [-0.2, -0.15) is 0 Å². The van der Waals surface area contributed by atoms with Gasteiger partial charge in [-0.3, -0.25) is 9.78 Å². The van der Waals surface area contributed by atoms with E-state index in [0.29, 0.717) is 13.1 Å². The first-order chi connectivity index (χ1) is 12.2. The Morgan fingerprint density at radius 2 is 2.12 bits per heavy atom. The number of likely N-dealkylation sites (N-methyl/N-ethyl adjacent to an activating group) is 1. The zero-order valence-corrected chi connectivity index (χ0v) is 14.7. The minimum atomic E-state index is -0.291. The highest BCUT2D eigenvalue weighted by Crippen LogP contribution is 2.22. The van der Waals surface area contributed by atoms with Gasteiger partial charge in [0.15, 0.2) is 0 Å². The summed E-state index contributed by atoms with van der Waals surface area (Å²) in [7, 11) is 0. The molecule has 0 bridgehead atoms. The number of benzene rings is 1. The number of aromatic nitrogens is 2. The first-order valence-electron chi connectivity index (χ1n) is 8.03. The molecule has 25 heavy (non-hydrogen) atoms. The van der Waals surface area contributed by atoms with E-state index in [4.69, 9.17) is 0 Å². The maximum Gasteiger partial charge on any atom is 0.228 e. The fraction of sp³-hybridized carbons (Fsp3) is 0.211. The molecule has 0 spiro atoms. The fourth-order valence-electron chi connectivity index (χ4n) is 2.49. The molecule has 0 aliphatic carbocycles. The van der Waals surface area contributed by atoms with Crippen LogP contribution in [0.15, 0.2) is 54.0 Å². The molecule has 4 nitrogen and oxygen atoms in total. The molecule has 0 unspecified atom stereocenters. The van der Waals surface area contributed by atoms with Crippen molar-refractivity contribution in [2.45, 2.75) is 19.9 Å². The van der Waals surface area contributed by atoms with E-state index in [-0.39, 0.29) is 18.1 Å². The molecule has 3 aromatic rings. The van der Waals surface area contributed by atoms with Crippen LogP contribution in [0.25, 0.3) is 10.7 Å². The molecule has 0 N–H and O–H groups in total. The molecule has 2 heterocycles. The molecule has 0 radical (unpaired) electrons. The first kappa shape index (κ1) is 17.2. The van der Waals surface area contributed by atoms with Gasteiger partial charge in [0, 0.05) is 24.7 Å². The summed E-state index contributed by atoms with van der Waals surface area (Å²) in [6, 6.07) is 12.0. The van der Waals surface area contributed by atoms with Gasteiger partial charge in [0.25, 0.3) is 0 Å². The summed E-state index contributed by atoms with van der Waals surface area (Å²) >= 11 is 1.48. The summed E-state index contributed by atoms with van der Waals surface area (Å²) in [5.74, 6) is -0.315. The quantitative estimate of drug-likeness (QED) is 0.673. The summed E-state index contributed by atoms with van der Waals surface area (Å²) in [6.07, 6.45) is 1.95. The van der Waals surface area contributed by atoms with E-state index in [2.05, 4.69) is 9.97 Å². The Balaban J connectivity index is 1.67. The van der Waals surface area contributed by atoms with Crippen molar-refractivity contribution in [1.29, 1.82) is 0 Å². The Labute approximate surface area is 150 Å². The van der Waals surface area contributed by atoms with E-state index in [9.17, 15) is 9.18 Å². The third-order valence-corrected chi connectivity index (χ3v) is 4.68. The predicted octanol–water partition coefficient (Wildman–Crippen LogP) is 3.94. The second-order valence-electron chi connectivity index (χ2n) is 5.57. The van der Waals surface area contributed by atoms with Crippen molar-refractivity contribution < 1.29 is 9.18 Å². The number of amides is 1. The van der Waals surface area contributed by atoms with Crippen LogP contribution in [0.5, 0.6) is 0 Å². The summed E-state index contributed by atoms with van der Waals surface area (Å²) in [4.78, 5) is 23.0. The van der Waals surface area contributed by atoms with Crippen LogP contribution in [0.3, 0.4) is 0 Å². The molecule has 6 heteroatoms. The van der Waals surface area contributed by atoms with Gasteiger partial charge < -0.3 is 4.90 Å². The Bertz CT molecular complexity index is 851. The third-order valence-electron chi connectivity index (χ3n) is 3.76. The van der Waals surface area contributed by atoms with Crippen LogP contribution in [-0.2, 0) is 17.8 Å². The van der Waals surface area contributed by atoms with Crippen LogP contribution in [-0.4, -0.2) is 27.3 Å². The second-order valence-corrected chi connectivity index (χ2v) is 6.43. The van der Waals surface area contributed by atoms with E-state index in [0.717, 1.165) is 22.0 Å². The standard InChI is InChI=1S/C19H18FN3OS/c1-2-23(12-14-6-5-7-15(20)10-14)18(24)11-16-13-25-19(22-16)17-8-3-4-9-21-17/h3-10,13H,2,11-12H2,1H3. The Hall–Kier alpha value is -2.60. The molecule has 128 valence electrons. The van der Waals surface area contributed by atoms with Crippen LogP contribution in [0.1, 0.15) is 18.2 Å². The van der Waals surface area contributed by atoms with E-state index in [1.54, 1.807) is 17.2 Å². The lowest BCUT2D eigenvalue weighted by Gasteiger charge is -2.20. The number of carbonyl (C=O) groups is 1. The predicted molar refractivity (Wildman–Crippen MR) is 96.5 cm³/mol. The van der Waals surface area contributed by atoms with Gasteiger partial charge in [-0.05, 0) is 36.8 Å². The van der Waals surface area contributed by atoms with E-state index < -0.39 is 0 Å². The molecule has 1 aromatic carbocycles. The van der Waals surface area contributed by atoms with Crippen LogP contribution >= 0.6 is 11.3 Å². The number of carbonyl (C=O) groups excluding carboxylic acids is 1. The third kappa shape index (κ3) is 4.48. The van der Waals surface area contributed by atoms with Crippen molar-refractivity contribution in [2.24, 2.45) is 0 Å². The van der Waals surface area contributed by atoms with Gasteiger partial charge in [-0.1, -0.05) is 18.2 Å². The molecule has 1 amide bonds. The topological polar surface area (TPSA) is 46.1 Å². The lowest BCUT2D eigenvalue weighted by molar-refractivity contribution is -0.130. The van der Waals surface area contributed by atoms with Gasteiger partial charge in [0.1, 0.15) is 10.8 Å². The SMILES string of the molecule is CCN(Cc1cccc(F)c1)C(=O)Cc1csc(-c2ccccn2)n1. The molecule has 3 rings (SSSR count). The van der Waals surface area contributed by atoms with E-state index >= 15 is 0 Å². The number of thiazole rings is 1. The molecule has 0 saturated carbocycles.